The van der Waals surface area contributed by atoms with Gasteiger partial charge in [0.1, 0.15) is 5.69 Å². The lowest BCUT2D eigenvalue weighted by Crippen LogP contribution is -2.43. The van der Waals surface area contributed by atoms with Gasteiger partial charge in [0.2, 0.25) is 0 Å². The maximum Gasteiger partial charge on any atom is 0.267 e. The van der Waals surface area contributed by atoms with Gasteiger partial charge in [0.25, 0.3) is 5.91 Å². The third kappa shape index (κ3) is 3.30. The van der Waals surface area contributed by atoms with Crippen LogP contribution in [0.3, 0.4) is 0 Å². The van der Waals surface area contributed by atoms with Crippen LogP contribution >= 0.6 is 23.1 Å². The van der Waals surface area contributed by atoms with Crippen LogP contribution in [0, 0.1) is 6.92 Å². The minimum atomic E-state index is -0.762. The van der Waals surface area contributed by atoms with Gasteiger partial charge in [0, 0.05) is 29.4 Å². The zero-order chi connectivity index (χ0) is 14.9. The van der Waals surface area contributed by atoms with Crippen molar-refractivity contribution in [1.82, 2.24) is 15.3 Å². The standard InChI is InChI=1S/C14H17N3O2S2/c1-9-17-12(6-21-9)10-4-11(15-5-10)13(18)16-7-14(19)2-3-20-8-14/h4-6,15,19H,2-3,7-8H2,1H3,(H,16,18). The fourth-order valence-electron chi connectivity index (χ4n) is 2.25. The predicted molar refractivity (Wildman–Crippen MR) is 85.9 cm³/mol. The van der Waals surface area contributed by atoms with Gasteiger partial charge in [-0.15, -0.1) is 11.3 Å². The molecule has 0 aromatic carbocycles. The summed E-state index contributed by atoms with van der Waals surface area (Å²) in [5.41, 5.74) is 1.50. The van der Waals surface area contributed by atoms with Gasteiger partial charge in [-0.25, -0.2) is 4.98 Å². The first kappa shape index (κ1) is 14.6. The van der Waals surface area contributed by atoms with Crippen molar-refractivity contribution >= 4 is 29.0 Å². The molecule has 1 unspecified atom stereocenters. The van der Waals surface area contributed by atoms with Gasteiger partial charge in [0.05, 0.1) is 16.3 Å². The second-order valence-electron chi connectivity index (χ2n) is 5.26. The maximum atomic E-state index is 12.1. The number of thiazole rings is 1. The molecule has 1 aliphatic heterocycles. The summed E-state index contributed by atoms with van der Waals surface area (Å²) in [5, 5.41) is 16.0. The minimum Gasteiger partial charge on any atom is -0.387 e. The highest BCUT2D eigenvalue weighted by atomic mass is 32.2. The Labute approximate surface area is 131 Å². The van der Waals surface area contributed by atoms with E-state index in [1.54, 1.807) is 35.4 Å². The quantitative estimate of drug-likeness (QED) is 0.805. The molecule has 0 saturated carbocycles. The number of aromatic amines is 1. The largest absolute Gasteiger partial charge is 0.387 e. The van der Waals surface area contributed by atoms with Crippen molar-refractivity contribution in [2.24, 2.45) is 0 Å². The average molecular weight is 323 g/mol. The van der Waals surface area contributed by atoms with E-state index in [4.69, 9.17) is 0 Å². The second-order valence-corrected chi connectivity index (χ2v) is 7.43. The number of nitrogens with one attached hydrogen (secondary N) is 2. The molecule has 1 fully saturated rings. The van der Waals surface area contributed by atoms with Crippen LogP contribution < -0.4 is 5.32 Å². The number of aliphatic hydroxyl groups is 1. The van der Waals surface area contributed by atoms with Gasteiger partial charge < -0.3 is 15.4 Å². The highest BCUT2D eigenvalue weighted by Crippen LogP contribution is 2.27. The average Bonchev–Trinajstić information content (AvgIpc) is 3.16. The Hall–Kier alpha value is -1.31. The highest BCUT2D eigenvalue weighted by Gasteiger charge is 2.32. The smallest absolute Gasteiger partial charge is 0.267 e. The molecule has 2 aromatic heterocycles. The van der Waals surface area contributed by atoms with Gasteiger partial charge in [-0.2, -0.15) is 11.8 Å². The van der Waals surface area contributed by atoms with Crippen molar-refractivity contribution in [3.63, 3.8) is 0 Å². The number of rotatable bonds is 4. The van der Waals surface area contributed by atoms with Crippen molar-refractivity contribution in [1.29, 1.82) is 0 Å². The molecule has 0 bridgehead atoms. The monoisotopic (exact) mass is 323 g/mol. The minimum absolute atomic E-state index is 0.196. The first-order valence-electron chi connectivity index (χ1n) is 6.75. The van der Waals surface area contributed by atoms with Crippen LogP contribution in [0.5, 0.6) is 0 Å². The number of hydrogen-bond donors (Lipinski definition) is 3. The Bertz CT molecular complexity index is 644. The van der Waals surface area contributed by atoms with Gasteiger partial charge in [0.15, 0.2) is 0 Å². The Kier molecular flexibility index (Phi) is 4.05. The predicted octanol–water partition coefficient (Wildman–Crippen LogP) is 2.04. The molecule has 7 heteroatoms. The normalized spacial score (nSPS) is 21.6. The summed E-state index contributed by atoms with van der Waals surface area (Å²) >= 11 is 3.30. The molecule has 0 aliphatic carbocycles. The summed E-state index contributed by atoms with van der Waals surface area (Å²) in [6, 6.07) is 1.79. The van der Waals surface area contributed by atoms with Gasteiger partial charge >= 0.3 is 0 Å². The zero-order valence-corrected chi connectivity index (χ0v) is 13.3. The van der Waals surface area contributed by atoms with Crippen molar-refractivity contribution in [3.8, 4) is 11.3 Å². The first-order chi connectivity index (χ1) is 10.1. The Morgan fingerprint density at radius 3 is 3.14 bits per heavy atom. The van der Waals surface area contributed by atoms with Gasteiger partial charge in [-0.1, -0.05) is 0 Å². The molecule has 0 radical (unpaired) electrons. The molecule has 1 amide bonds. The number of aryl methyl sites for hydroxylation is 1. The summed E-state index contributed by atoms with van der Waals surface area (Å²) in [6.45, 7) is 2.25. The van der Waals surface area contributed by atoms with Crippen LogP contribution in [-0.4, -0.2) is 44.6 Å². The molecule has 0 spiro atoms. The molecule has 3 heterocycles. The van der Waals surface area contributed by atoms with Crippen LogP contribution in [0.2, 0.25) is 0 Å². The maximum absolute atomic E-state index is 12.1. The number of aromatic nitrogens is 2. The lowest BCUT2D eigenvalue weighted by Gasteiger charge is -2.21. The summed E-state index contributed by atoms with van der Waals surface area (Å²) in [4.78, 5) is 19.5. The topological polar surface area (TPSA) is 78.0 Å². The molecule has 1 aliphatic rings. The Morgan fingerprint density at radius 2 is 2.48 bits per heavy atom. The van der Waals surface area contributed by atoms with Crippen molar-refractivity contribution < 1.29 is 9.90 Å². The number of H-pyrrole nitrogens is 1. The highest BCUT2D eigenvalue weighted by molar-refractivity contribution is 7.99. The van der Waals surface area contributed by atoms with Crippen LogP contribution in [-0.2, 0) is 0 Å². The van der Waals surface area contributed by atoms with E-state index in [2.05, 4.69) is 15.3 Å². The summed E-state index contributed by atoms with van der Waals surface area (Å²) in [5.74, 6) is 1.43. The molecular formula is C14H17N3O2S2. The number of hydrogen-bond acceptors (Lipinski definition) is 5. The van der Waals surface area contributed by atoms with Crippen molar-refractivity contribution in [2.45, 2.75) is 18.9 Å². The summed E-state index contributed by atoms with van der Waals surface area (Å²) < 4.78 is 0. The van der Waals surface area contributed by atoms with E-state index >= 15 is 0 Å². The van der Waals surface area contributed by atoms with Crippen molar-refractivity contribution in [2.75, 3.05) is 18.1 Å². The first-order valence-corrected chi connectivity index (χ1v) is 8.78. The number of amides is 1. The molecule has 3 N–H and O–H groups in total. The number of thioether (sulfide) groups is 1. The lowest BCUT2D eigenvalue weighted by atomic mass is 10.0. The molecule has 1 saturated heterocycles. The van der Waals surface area contributed by atoms with E-state index in [0.29, 0.717) is 18.0 Å². The van der Waals surface area contributed by atoms with E-state index in [1.165, 1.54) is 0 Å². The van der Waals surface area contributed by atoms with Gasteiger partial charge in [-0.05, 0) is 25.2 Å². The van der Waals surface area contributed by atoms with Gasteiger partial charge in [-0.3, -0.25) is 4.79 Å². The Morgan fingerprint density at radius 1 is 1.62 bits per heavy atom. The fraction of sp³-hybridized carbons (Fsp3) is 0.429. The number of nitrogens with zero attached hydrogens (tertiary/aromatic N) is 1. The Balaban J connectivity index is 1.64. The SMILES string of the molecule is Cc1nc(-c2c[nH]c(C(=O)NCC3(O)CCSC3)c2)cs1. The van der Waals surface area contributed by atoms with Crippen LogP contribution in [0.25, 0.3) is 11.3 Å². The van der Waals surface area contributed by atoms with E-state index < -0.39 is 5.60 Å². The van der Waals surface area contributed by atoms with Crippen molar-refractivity contribution in [3.05, 3.63) is 28.3 Å². The number of carbonyl (C=O) groups excluding carboxylic acids is 1. The van der Waals surface area contributed by atoms with E-state index in [0.717, 1.165) is 28.4 Å². The molecule has 5 nitrogen and oxygen atoms in total. The summed E-state index contributed by atoms with van der Waals surface area (Å²) in [7, 11) is 0. The van der Waals surface area contributed by atoms with Crippen LogP contribution in [0.15, 0.2) is 17.6 Å². The molecule has 1 atom stereocenters. The third-order valence-electron chi connectivity index (χ3n) is 3.50. The van der Waals surface area contributed by atoms with E-state index in [-0.39, 0.29) is 5.91 Å². The van der Waals surface area contributed by atoms with E-state index in [1.807, 2.05) is 12.3 Å². The number of carbonyl (C=O) groups is 1. The third-order valence-corrected chi connectivity index (χ3v) is 5.51. The van der Waals surface area contributed by atoms with E-state index in [9.17, 15) is 9.90 Å². The fourth-order valence-corrected chi connectivity index (χ4v) is 4.16. The molecule has 112 valence electrons. The lowest BCUT2D eigenvalue weighted by molar-refractivity contribution is 0.0611. The molecule has 21 heavy (non-hydrogen) atoms. The second kappa shape index (κ2) is 5.82. The molecule has 3 rings (SSSR count). The summed E-state index contributed by atoms with van der Waals surface area (Å²) in [6.07, 6.45) is 2.51. The zero-order valence-electron chi connectivity index (χ0n) is 11.7. The molecular weight excluding hydrogens is 306 g/mol. The van der Waals surface area contributed by atoms with Crippen LogP contribution in [0.1, 0.15) is 21.9 Å². The molecule has 2 aromatic rings. The van der Waals surface area contributed by atoms with Crippen LogP contribution in [0.4, 0.5) is 0 Å².